The van der Waals surface area contributed by atoms with Crippen molar-refractivity contribution in [3.05, 3.63) is 52.7 Å². The van der Waals surface area contributed by atoms with E-state index in [-0.39, 0.29) is 11.8 Å². The first-order chi connectivity index (χ1) is 13.7. The number of hydrogen-bond donors (Lipinski definition) is 1. The van der Waals surface area contributed by atoms with Crippen molar-refractivity contribution in [1.29, 1.82) is 0 Å². The summed E-state index contributed by atoms with van der Waals surface area (Å²) in [6.45, 7) is 12.4. The second-order valence-electron chi connectivity index (χ2n) is 8.69. The number of aromatic nitrogens is 3. The number of aliphatic hydroxyl groups excluding tert-OH is 1. The van der Waals surface area contributed by atoms with Crippen LogP contribution in [0.15, 0.2) is 30.6 Å². The van der Waals surface area contributed by atoms with Crippen molar-refractivity contribution in [2.75, 3.05) is 0 Å². The molecule has 0 amide bonds. The van der Waals surface area contributed by atoms with Gasteiger partial charge in [-0.3, -0.25) is 4.98 Å². The Labute approximate surface area is 178 Å². The molecule has 0 saturated carbocycles. The summed E-state index contributed by atoms with van der Waals surface area (Å²) < 4.78 is 0. The monoisotopic (exact) mass is 411 g/mol. The topological polar surface area (TPSA) is 58.9 Å². The fourth-order valence-corrected chi connectivity index (χ4v) is 4.06. The van der Waals surface area contributed by atoms with E-state index in [4.69, 9.17) is 11.6 Å². The number of hydrogen-bond acceptors (Lipinski definition) is 4. The Morgan fingerprint density at radius 3 is 2.24 bits per heavy atom. The first-order valence-electron chi connectivity index (χ1n) is 10.3. The molecule has 1 aromatic carbocycles. The lowest BCUT2D eigenvalue weighted by Crippen LogP contribution is -2.13. The van der Waals surface area contributed by atoms with Crippen LogP contribution in [0.5, 0.6) is 0 Å². The van der Waals surface area contributed by atoms with E-state index in [0.29, 0.717) is 10.9 Å². The standard InChI is InChI=1S/C24H30ClN3O/c1-13(2)9-15(5)23(29)21-19-10-17(7-8-20(19)28-16(6)22(21)25)18-11-26-24(14(3)4)27-12-18/h7-8,10-15,23,29H,9H2,1-6H3. The molecular formula is C24H30ClN3O. The van der Waals surface area contributed by atoms with Crippen LogP contribution in [-0.4, -0.2) is 20.1 Å². The number of fused-ring (bicyclic) bond motifs is 1. The molecular weight excluding hydrogens is 382 g/mol. The Bertz CT molecular complexity index is 999. The fraction of sp³-hybridized carbons (Fsp3) is 0.458. The highest BCUT2D eigenvalue weighted by Crippen LogP contribution is 2.38. The number of pyridine rings is 1. The first kappa shape index (κ1) is 21.7. The molecule has 0 fully saturated rings. The summed E-state index contributed by atoms with van der Waals surface area (Å²) in [7, 11) is 0. The van der Waals surface area contributed by atoms with Crippen molar-refractivity contribution in [1.82, 2.24) is 15.0 Å². The summed E-state index contributed by atoms with van der Waals surface area (Å²) in [4.78, 5) is 13.6. The maximum atomic E-state index is 11.2. The van der Waals surface area contributed by atoms with Crippen molar-refractivity contribution in [3.8, 4) is 11.1 Å². The van der Waals surface area contributed by atoms with Crippen LogP contribution >= 0.6 is 11.6 Å². The summed E-state index contributed by atoms with van der Waals surface area (Å²) in [5.74, 6) is 1.71. The highest BCUT2D eigenvalue weighted by Gasteiger charge is 2.24. The molecule has 5 heteroatoms. The fourth-order valence-electron chi connectivity index (χ4n) is 3.80. The van der Waals surface area contributed by atoms with E-state index >= 15 is 0 Å². The predicted octanol–water partition coefficient (Wildman–Crippen LogP) is 6.49. The molecule has 0 radical (unpaired) electrons. The second-order valence-corrected chi connectivity index (χ2v) is 9.07. The van der Waals surface area contributed by atoms with Gasteiger partial charge in [-0.15, -0.1) is 0 Å². The molecule has 2 unspecified atom stereocenters. The van der Waals surface area contributed by atoms with Gasteiger partial charge in [-0.1, -0.05) is 52.3 Å². The van der Waals surface area contributed by atoms with Crippen molar-refractivity contribution >= 4 is 22.5 Å². The van der Waals surface area contributed by atoms with E-state index in [9.17, 15) is 5.11 Å². The summed E-state index contributed by atoms with van der Waals surface area (Å²) in [5, 5.41) is 12.6. The molecule has 154 valence electrons. The van der Waals surface area contributed by atoms with E-state index in [1.54, 1.807) is 0 Å². The van der Waals surface area contributed by atoms with E-state index in [2.05, 4.69) is 49.6 Å². The van der Waals surface area contributed by atoms with Gasteiger partial charge in [-0.05, 0) is 42.9 Å². The van der Waals surface area contributed by atoms with Gasteiger partial charge in [0.05, 0.1) is 22.3 Å². The number of rotatable bonds is 6. The Hall–Kier alpha value is -2.04. The van der Waals surface area contributed by atoms with Gasteiger partial charge in [-0.2, -0.15) is 0 Å². The van der Waals surface area contributed by atoms with Gasteiger partial charge in [0.15, 0.2) is 0 Å². The lowest BCUT2D eigenvalue weighted by atomic mass is 9.87. The largest absolute Gasteiger partial charge is 0.388 e. The highest BCUT2D eigenvalue weighted by atomic mass is 35.5. The van der Waals surface area contributed by atoms with Gasteiger partial charge in [-0.25, -0.2) is 9.97 Å². The maximum absolute atomic E-state index is 11.2. The minimum absolute atomic E-state index is 0.0924. The average molecular weight is 412 g/mol. The summed E-state index contributed by atoms with van der Waals surface area (Å²) in [6.07, 6.45) is 3.97. The Balaban J connectivity index is 2.12. The Kier molecular flexibility index (Phi) is 6.55. The van der Waals surface area contributed by atoms with Crippen LogP contribution in [0, 0.1) is 18.8 Å². The SMILES string of the molecule is Cc1nc2ccc(-c3cnc(C(C)C)nc3)cc2c(C(O)C(C)CC(C)C)c1Cl. The summed E-state index contributed by atoms with van der Waals surface area (Å²) >= 11 is 6.65. The third-order valence-corrected chi connectivity index (χ3v) is 5.81. The Morgan fingerprint density at radius 2 is 1.66 bits per heavy atom. The lowest BCUT2D eigenvalue weighted by Gasteiger charge is -2.24. The average Bonchev–Trinajstić information content (AvgIpc) is 2.68. The van der Waals surface area contributed by atoms with Gasteiger partial charge in [0.1, 0.15) is 5.82 Å². The normalized spacial score (nSPS) is 14.0. The summed E-state index contributed by atoms with van der Waals surface area (Å²) in [6, 6.07) is 6.04. The molecule has 29 heavy (non-hydrogen) atoms. The molecule has 0 aliphatic heterocycles. The van der Waals surface area contributed by atoms with Crippen molar-refractivity contribution in [2.24, 2.45) is 11.8 Å². The molecule has 1 N–H and O–H groups in total. The second kappa shape index (κ2) is 8.76. The smallest absolute Gasteiger partial charge is 0.130 e. The third kappa shape index (κ3) is 4.59. The van der Waals surface area contributed by atoms with Crippen molar-refractivity contribution < 1.29 is 5.11 Å². The van der Waals surface area contributed by atoms with Gasteiger partial charge >= 0.3 is 0 Å². The maximum Gasteiger partial charge on any atom is 0.130 e. The van der Waals surface area contributed by atoms with Gasteiger partial charge < -0.3 is 5.11 Å². The van der Waals surface area contributed by atoms with Crippen LogP contribution in [0.4, 0.5) is 0 Å². The van der Waals surface area contributed by atoms with Gasteiger partial charge in [0.25, 0.3) is 0 Å². The highest BCUT2D eigenvalue weighted by molar-refractivity contribution is 6.33. The minimum atomic E-state index is -0.649. The molecule has 0 bridgehead atoms. The molecule has 2 aromatic heterocycles. The first-order valence-corrected chi connectivity index (χ1v) is 10.7. The van der Waals surface area contributed by atoms with Crippen LogP contribution in [0.1, 0.15) is 70.1 Å². The van der Waals surface area contributed by atoms with E-state index < -0.39 is 6.10 Å². The zero-order valence-electron chi connectivity index (χ0n) is 18.1. The number of benzene rings is 1. The molecule has 2 heterocycles. The molecule has 0 aliphatic rings. The number of aryl methyl sites for hydroxylation is 1. The van der Waals surface area contributed by atoms with Crippen LogP contribution in [0.25, 0.3) is 22.0 Å². The molecule has 3 rings (SSSR count). The third-order valence-electron chi connectivity index (χ3n) is 5.33. The van der Waals surface area contributed by atoms with Crippen molar-refractivity contribution in [3.63, 3.8) is 0 Å². The zero-order valence-corrected chi connectivity index (χ0v) is 18.8. The number of nitrogens with zero attached hydrogens (tertiary/aromatic N) is 3. The molecule has 4 nitrogen and oxygen atoms in total. The number of aliphatic hydroxyl groups is 1. The minimum Gasteiger partial charge on any atom is -0.388 e. The van der Waals surface area contributed by atoms with E-state index in [0.717, 1.165) is 45.5 Å². The Morgan fingerprint density at radius 1 is 1.00 bits per heavy atom. The number of halogens is 1. The quantitative estimate of drug-likeness (QED) is 0.503. The summed E-state index contributed by atoms with van der Waals surface area (Å²) in [5.41, 5.74) is 4.26. The van der Waals surface area contributed by atoms with E-state index in [1.165, 1.54) is 0 Å². The van der Waals surface area contributed by atoms with Crippen LogP contribution < -0.4 is 0 Å². The molecule has 3 aromatic rings. The van der Waals surface area contributed by atoms with E-state index in [1.807, 2.05) is 37.5 Å². The van der Waals surface area contributed by atoms with Gasteiger partial charge in [0.2, 0.25) is 0 Å². The predicted molar refractivity (Wildman–Crippen MR) is 120 cm³/mol. The zero-order chi connectivity index (χ0) is 21.3. The van der Waals surface area contributed by atoms with Crippen LogP contribution in [0.2, 0.25) is 5.02 Å². The molecule has 0 spiro atoms. The molecule has 0 aliphatic carbocycles. The van der Waals surface area contributed by atoms with Crippen molar-refractivity contribution in [2.45, 2.75) is 60.0 Å². The lowest BCUT2D eigenvalue weighted by molar-refractivity contribution is 0.106. The van der Waals surface area contributed by atoms with Gasteiger partial charge in [0, 0.05) is 34.8 Å². The van der Waals surface area contributed by atoms with Crippen LogP contribution in [0.3, 0.4) is 0 Å². The molecule has 2 atom stereocenters. The van der Waals surface area contributed by atoms with Crippen LogP contribution in [-0.2, 0) is 0 Å². The molecule has 0 saturated heterocycles.